The highest BCUT2D eigenvalue weighted by Crippen LogP contribution is 2.33. The summed E-state index contributed by atoms with van der Waals surface area (Å²) in [6.07, 6.45) is 4.72. The quantitative estimate of drug-likeness (QED) is 0.650. The number of hydrogen-bond acceptors (Lipinski definition) is 6. The van der Waals surface area contributed by atoms with E-state index in [0.29, 0.717) is 30.4 Å². The first kappa shape index (κ1) is 19.9. The van der Waals surface area contributed by atoms with Crippen LogP contribution in [0.2, 0.25) is 0 Å². The molecule has 4 heterocycles. The Morgan fingerprint density at radius 1 is 1.13 bits per heavy atom. The molecule has 7 nitrogen and oxygen atoms in total. The van der Waals surface area contributed by atoms with E-state index in [1.165, 1.54) is 5.56 Å². The third-order valence-corrected chi connectivity index (χ3v) is 6.50. The van der Waals surface area contributed by atoms with Gasteiger partial charge in [-0.25, -0.2) is 0 Å². The number of nitrogens with zero attached hydrogens (tertiary/aromatic N) is 5. The van der Waals surface area contributed by atoms with Gasteiger partial charge in [-0.05, 0) is 69.6 Å². The Balaban J connectivity index is 1.41. The van der Waals surface area contributed by atoms with E-state index in [1.54, 1.807) is 0 Å². The number of likely N-dealkylation sites (tertiary alicyclic amines) is 1. The fourth-order valence-electron chi connectivity index (χ4n) is 4.64. The molecule has 160 valence electrons. The molecule has 0 aliphatic carbocycles. The second-order valence-corrected chi connectivity index (χ2v) is 8.60. The second kappa shape index (κ2) is 8.23. The van der Waals surface area contributed by atoms with Crippen LogP contribution in [-0.2, 0) is 13.0 Å². The van der Waals surface area contributed by atoms with E-state index in [4.69, 9.17) is 9.51 Å². The molecule has 3 aromatic rings. The van der Waals surface area contributed by atoms with Crippen molar-refractivity contribution < 1.29 is 9.32 Å². The summed E-state index contributed by atoms with van der Waals surface area (Å²) in [5.74, 6) is 1.73. The molecule has 2 aromatic heterocycles. The highest BCUT2D eigenvalue weighted by atomic mass is 16.5. The molecule has 0 spiro atoms. The van der Waals surface area contributed by atoms with Crippen molar-refractivity contribution in [3.05, 3.63) is 64.8 Å². The molecular weight excluding hydrogens is 390 g/mol. The number of piperidine rings is 1. The molecule has 5 rings (SSSR count). The number of carbonyl (C=O) groups is 1. The number of pyridine rings is 1. The van der Waals surface area contributed by atoms with E-state index in [2.05, 4.69) is 22.1 Å². The van der Waals surface area contributed by atoms with Crippen LogP contribution in [0.3, 0.4) is 0 Å². The predicted octanol–water partition coefficient (Wildman–Crippen LogP) is 3.45. The van der Waals surface area contributed by atoms with Gasteiger partial charge in [0.15, 0.2) is 0 Å². The first-order valence-corrected chi connectivity index (χ1v) is 10.9. The second-order valence-electron chi connectivity index (χ2n) is 8.60. The van der Waals surface area contributed by atoms with Gasteiger partial charge in [0.1, 0.15) is 0 Å². The Labute approximate surface area is 182 Å². The van der Waals surface area contributed by atoms with Gasteiger partial charge < -0.3 is 14.3 Å². The average Bonchev–Trinajstić information content (AvgIpc) is 3.29. The number of hydrogen-bond donors (Lipinski definition) is 0. The lowest BCUT2D eigenvalue weighted by Crippen LogP contribution is -2.36. The standard InChI is InChI=1S/C24H27N5O2/c1-16-21(22-26-23(31-27-22)17-8-11-28(2)12-9-17)20-10-13-29(15-19(20)14-25-16)24(30)18-6-4-3-5-7-18/h3-7,14,17H,8-13,15H2,1-2H3. The van der Waals surface area contributed by atoms with Crippen LogP contribution in [0.4, 0.5) is 0 Å². The van der Waals surface area contributed by atoms with Crippen LogP contribution < -0.4 is 0 Å². The summed E-state index contributed by atoms with van der Waals surface area (Å²) in [5.41, 5.74) is 4.82. The highest BCUT2D eigenvalue weighted by Gasteiger charge is 2.28. The molecule has 0 radical (unpaired) electrons. The smallest absolute Gasteiger partial charge is 0.254 e. The van der Waals surface area contributed by atoms with Gasteiger partial charge in [-0.2, -0.15) is 4.98 Å². The molecule has 0 unspecified atom stereocenters. The van der Waals surface area contributed by atoms with Crippen LogP contribution in [0, 0.1) is 6.92 Å². The lowest BCUT2D eigenvalue weighted by molar-refractivity contribution is 0.0734. The maximum atomic E-state index is 12.9. The van der Waals surface area contributed by atoms with Gasteiger partial charge >= 0.3 is 0 Å². The van der Waals surface area contributed by atoms with E-state index < -0.39 is 0 Å². The van der Waals surface area contributed by atoms with E-state index >= 15 is 0 Å². The molecule has 0 atom stereocenters. The molecule has 2 aliphatic rings. The molecule has 1 fully saturated rings. The number of rotatable bonds is 3. The third kappa shape index (κ3) is 3.85. The van der Waals surface area contributed by atoms with Crippen molar-refractivity contribution in [3.63, 3.8) is 0 Å². The number of fused-ring (bicyclic) bond motifs is 1. The van der Waals surface area contributed by atoms with Crippen molar-refractivity contribution in [2.75, 3.05) is 26.7 Å². The van der Waals surface area contributed by atoms with E-state index in [-0.39, 0.29) is 5.91 Å². The Hall–Kier alpha value is -3.06. The van der Waals surface area contributed by atoms with Gasteiger partial charge in [0, 0.05) is 42.0 Å². The summed E-state index contributed by atoms with van der Waals surface area (Å²) in [6.45, 7) is 5.30. The van der Waals surface area contributed by atoms with Gasteiger partial charge in [-0.15, -0.1) is 0 Å². The minimum Gasteiger partial charge on any atom is -0.339 e. The Bertz CT molecular complexity index is 1090. The lowest BCUT2D eigenvalue weighted by atomic mass is 9.94. The summed E-state index contributed by atoms with van der Waals surface area (Å²) in [5, 5.41) is 4.33. The lowest BCUT2D eigenvalue weighted by Gasteiger charge is -2.30. The third-order valence-electron chi connectivity index (χ3n) is 6.50. The minimum atomic E-state index is 0.0532. The molecule has 1 amide bonds. The maximum absolute atomic E-state index is 12.9. The largest absolute Gasteiger partial charge is 0.339 e. The van der Waals surface area contributed by atoms with E-state index in [0.717, 1.165) is 55.1 Å². The number of aryl methyl sites for hydroxylation is 1. The highest BCUT2D eigenvalue weighted by molar-refractivity contribution is 5.94. The number of benzene rings is 1. The molecular formula is C24H27N5O2. The van der Waals surface area contributed by atoms with Gasteiger partial charge in [-0.1, -0.05) is 23.4 Å². The molecule has 2 aliphatic heterocycles. The van der Waals surface area contributed by atoms with Crippen LogP contribution >= 0.6 is 0 Å². The maximum Gasteiger partial charge on any atom is 0.254 e. The molecule has 0 saturated carbocycles. The number of aromatic nitrogens is 3. The molecule has 1 aromatic carbocycles. The average molecular weight is 418 g/mol. The molecule has 0 bridgehead atoms. The number of carbonyl (C=O) groups excluding carboxylic acids is 1. The van der Waals surface area contributed by atoms with Crippen LogP contribution in [0.15, 0.2) is 41.1 Å². The molecule has 0 N–H and O–H groups in total. The van der Waals surface area contributed by atoms with Crippen molar-refractivity contribution >= 4 is 5.91 Å². The van der Waals surface area contributed by atoms with Crippen molar-refractivity contribution in [2.24, 2.45) is 0 Å². The summed E-state index contributed by atoms with van der Waals surface area (Å²) in [7, 11) is 2.15. The first-order valence-electron chi connectivity index (χ1n) is 10.9. The summed E-state index contributed by atoms with van der Waals surface area (Å²) >= 11 is 0. The number of amides is 1. The first-order chi connectivity index (χ1) is 15.1. The zero-order valence-electron chi connectivity index (χ0n) is 18.0. The van der Waals surface area contributed by atoms with Gasteiger partial charge in [0.25, 0.3) is 5.91 Å². The van der Waals surface area contributed by atoms with E-state index in [9.17, 15) is 4.79 Å². The Kier molecular flexibility index (Phi) is 5.28. The zero-order chi connectivity index (χ0) is 21.4. The van der Waals surface area contributed by atoms with Gasteiger partial charge in [-0.3, -0.25) is 9.78 Å². The summed E-state index contributed by atoms with van der Waals surface area (Å²) in [6, 6.07) is 9.44. The molecule has 1 saturated heterocycles. The molecule has 31 heavy (non-hydrogen) atoms. The van der Waals surface area contributed by atoms with Gasteiger partial charge in [0.2, 0.25) is 11.7 Å². The van der Waals surface area contributed by atoms with Crippen LogP contribution in [-0.4, -0.2) is 57.5 Å². The van der Waals surface area contributed by atoms with Crippen molar-refractivity contribution in [3.8, 4) is 11.4 Å². The fraction of sp³-hybridized carbons (Fsp3) is 0.417. The van der Waals surface area contributed by atoms with Crippen molar-refractivity contribution in [2.45, 2.75) is 38.6 Å². The normalized spacial score (nSPS) is 17.5. The Morgan fingerprint density at radius 3 is 2.68 bits per heavy atom. The van der Waals surface area contributed by atoms with E-state index in [1.807, 2.05) is 48.4 Å². The SMILES string of the molecule is Cc1ncc2c(c1-c1noc(C3CCN(C)CC3)n1)CCN(C(=O)c1ccccc1)C2. The predicted molar refractivity (Wildman–Crippen MR) is 117 cm³/mol. The Morgan fingerprint density at radius 2 is 1.90 bits per heavy atom. The van der Waals surface area contributed by atoms with Crippen LogP contribution in [0.5, 0.6) is 0 Å². The van der Waals surface area contributed by atoms with Gasteiger partial charge in [0.05, 0.1) is 0 Å². The monoisotopic (exact) mass is 417 g/mol. The minimum absolute atomic E-state index is 0.0532. The summed E-state index contributed by atoms with van der Waals surface area (Å²) in [4.78, 5) is 26.5. The topological polar surface area (TPSA) is 75.4 Å². The van der Waals surface area contributed by atoms with Crippen molar-refractivity contribution in [1.29, 1.82) is 0 Å². The zero-order valence-corrected chi connectivity index (χ0v) is 18.0. The van der Waals surface area contributed by atoms with Crippen molar-refractivity contribution in [1.82, 2.24) is 24.9 Å². The summed E-state index contributed by atoms with van der Waals surface area (Å²) < 4.78 is 5.69. The molecule has 7 heteroatoms. The van der Waals surface area contributed by atoms with Crippen LogP contribution in [0.25, 0.3) is 11.4 Å². The fourth-order valence-corrected chi connectivity index (χ4v) is 4.64. The van der Waals surface area contributed by atoms with Crippen LogP contribution in [0.1, 0.15) is 51.8 Å².